The number of rotatable bonds is 2. The van der Waals surface area contributed by atoms with Gasteiger partial charge in [0, 0.05) is 31.1 Å². The Morgan fingerprint density at radius 3 is 2.33 bits per heavy atom. The molecule has 0 aromatic rings. The van der Waals surface area contributed by atoms with Gasteiger partial charge in [0.15, 0.2) is 7.85 Å². The number of allylic oxidation sites excluding steroid dienone is 1. The van der Waals surface area contributed by atoms with Crippen LogP contribution in [0.1, 0.15) is 27.2 Å². The maximum absolute atomic E-state index is 12.3. The molecule has 0 spiro atoms. The van der Waals surface area contributed by atoms with E-state index >= 15 is 0 Å². The number of likely N-dealkylation sites (tertiary alicyclic amines) is 1. The van der Waals surface area contributed by atoms with Crippen molar-refractivity contribution in [3.63, 3.8) is 0 Å². The van der Waals surface area contributed by atoms with E-state index in [9.17, 15) is 9.59 Å². The normalized spacial score (nSPS) is 27.3. The number of nitrogens with zero attached hydrogens (tertiary/aromatic N) is 1. The Kier molecular flexibility index (Phi) is 2.93. The number of hydrogen-bond acceptors (Lipinski definition) is 3. The van der Waals surface area contributed by atoms with E-state index in [1.807, 2.05) is 0 Å². The van der Waals surface area contributed by atoms with E-state index in [1.54, 1.807) is 12.7 Å². The van der Waals surface area contributed by atoms with Crippen molar-refractivity contribution in [3.8, 4) is 0 Å². The number of amides is 1. The number of nitrogens with one attached hydrogen (secondary N) is 1. The second-order valence-corrected chi connectivity index (χ2v) is 6.53. The lowest BCUT2D eigenvalue weighted by Crippen LogP contribution is -2.73. The molecule has 2 fully saturated rings. The Morgan fingerprint density at radius 1 is 1.50 bits per heavy atom. The van der Waals surface area contributed by atoms with E-state index in [0.717, 1.165) is 5.70 Å². The molecule has 0 bridgehead atoms. The maximum Gasteiger partial charge on any atom is 0.228 e. The third kappa shape index (κ3) is 1.72. The fourth-order valence-corrected chi connectivity index (χ4v) is 2.95. The molecule has 0 aromatic heterocycles. The van der Waals surface area contributed by atoms with Gasteiger partial charge in [-0.05, 0) is 5.41 Å². The first-order chi connectivity index (χ1) is 8.20. The Hall–Kier alpha value is -1.10. The van der Waals surface area contributed by atoms with E-state index in [1.165, 1.54) is 0 Å². The highest BCUT2D eigenvalue weighted by atomic mass is 16.2. The predicted molar refractivity (Wildman–Crippen MR) is 72.7 cm³/mol. The summed E-state index contributed by atoms with van der Waals surface area (Å²) in [6.07, 6.45) is 0.470. The molecule has 2 aliphatic heterocycles. The fourth-order valence-electron chi connectivity index (χ4n) is 2.95. The van der Waals surface area contributed by atoms with Crippen LogP contribution in [0.15, 0.2) is 12.3 Å². The van der Waals surface area contributed by atoms with Gasteiger partial charge in [-0.15, -0.1) is 0 Å². The summed E-state index contributed by atoms with van der Waals surface area (Å²) >= 11 is 0. The Balaban J connectivity index is 2.33. The van der Waals surface area contributed by atoms with Gasteiger partial charge in [0.1, 0.15) is 11.2 Å². The average molecular weight is 248 g/mol. The first kappa shape index (κ1) is 13.3. The number of carbonyl (C=O) groups excluding carboxylic acids is 2. The molecule has 2 rings (SSSR count). The highest BCUT2D eigenvalue weighted by molar-refractivity contribution is 6.60. The molecule has 1 unspecified atom stereocenters. The molecule has 0 aromatic carbocycles. The zero-order valence-electron chi connectivity index (χ0n) is 11.7. The van der Waals surface area contributed by atoms with Crippen LogP contribution < -0.4 is 5.32 Å². The van der Waals surface area contributed by atoms with Crippen molar-refractivity contribution >= 4 is 19.4 Å². The average Bonchev–Trinajstić information content (AvgIpc) is 2.42. The van der Waals surface area contributed by atoms with Gasteiger partial charge in [-0.1, -0.05) is 27.4 Å². The fraction of sp³-hybridized carbons (Fsp3) is 0.692. The number of carbonyl (C=O) groups is 2. The van der Waals surface area contributed by atoms with E-state index in [-0.39, 0.29) is 22.9 Å². The second-order valence-electron chi connectivity index (χ2n) is 6.53. The summed E-state index contributed by atoms with van der Waals surface area (Å²) in [5, 5.41) is 3.10. The SMILES string of the molecule is BC(=O)C1(N2C(=C)C(C(C)(C)C)CC2=O)CNC1. The molecule has 1 N–H and O–H groups in total. The summed E-state index contributed by atoms with van der Waals surface area (Å²) in [7, 11) is 1.56. The summed E-state index contributed by atoms with van der Waals surface area (Å²) in [4.78, 5) is 25.8. The monoisotopic (exact) mass is 248 g/mol. The third-order valence-corrected chi connectivity index (χ3v) is 4.28. The van der Waals surface area contributed by atoms with Crippen molar-refractivity contribution < 1.29 is 9.59 Å². The topological polar surface area (TPSA) is 49.4 Å². The molecule has 0 saturated carbocycles. The van der Waals surface area contributed by atoms with Gasteiger partial charge in [0.2, 0.25) is 5.91 Å². The highest BCUT2D eigenvalue weighted by Gasteiger charge is 2.54. The largest absolute Gasteiger partial charge is 0.311 e. The van der Waals surface area contributed by atoms with Crippen LogP contribution in [0, 0.1) is 11.3 Å². The first-order valence-electron chi connectivity index (χ1n) is 6.44. The van der Waals surface area contributed by atoms with Crippen LogP contribution in [0.25, 0.3) is 0 Å². The lowest BCUT2D eigenvalue weighted by atomic mass is 9.75. The lowest BCUT2D eigenvalue weighted by Gasteiger charge is -2.48. The summed E-state index contributed by atoms with van der Waals surface area (Å²) in [5.41, 5.74) is 0.180. The Morgan fingerprint density at radius 2 is 2.06 bits per heavy atom. The van der Waals surface area contributed by atoms with Crippen molar-refractivity contribution in [3.05, 3.63) is 12.3 Å². The van der Waals surface area contributed by atoms with Gasteiger partial charge in [-0.3, -0.25) is 4.79 Å². The van der Waals surface area contributed by atoms with Gasteiger partial charge in [-0.25, -0.2) is 0 Å². The van der Waals surface area contributed by atoms with Crippen molar-refractivity contribution in [2.75, 3.05) is 13.1 Å². The standard InChI is InChI=1S/C13H21BN2O2/c1-8-9(12(2,3)4)5-10(17)16(8)13(11(14)18)6-15-7-13/h9,15H,1,5-7,14H2,2-4H3. The predicted octanol–water partition coefficient (Wildman–Crippen LogP) is -0.104. The molecular formula is C13H21BN2O2. The van der Waals surface area contributed by atoms with Crippen LogP contribution in [0.2, 0.25) is 0 Å². The molecule has 1 amide bonds. The van der Waals surface area contributed by atoms with Gasteiger partial charge in [0.05, 0.1) is 0 Å². The quantitative estimate of drug-likeness (QED) is 0.694. The summed E-state index contributed by atoms with van der Waals surface area (Å²) in [6, 6.07) is 0. The van der Waals surface area contributed by atoms with Crippen molar-refractivity contribution in [1.82, 2.24) is 10.2 Å². The minimum Gasteiger partial charge on any atom is -0.311 e. The van der Waals surface area contributed by atoms with Crippen molar-refractivity contribution in [2.24, 2.45) is 11.3 Å². The van der Waals surface area contributed by atoms with Crippen molar-refractivity contribution in [2.45, 2.75) is 32.7 Å². The van der Waals surface area contributed by atoms with Crippen LogP contribution in [-0.2, 0) is 9.59 Å². The van der Waals surface area contributed by atoms with Gasteiger partial charge in [0.25, 0.3) is 0 Å². The minimum absolute atomic E-state index is 0.00333. The molecule has 18 heavy (non-hydrogen) atoms. The Labute approximate surface area is 109 Å². The van der Waals surface area contributed by atoms with Crippen LogP contribution >= 0.6 is 0 Å². The molecule has 4 nitrogen and oxygen atoms in total. The van der Waals surface area contributed by atoms with Gasteiger partial charge < -0.3 is 15.0 Å². The molecule has 0 aliphatic carbocycles. The third-order valence-electron chi connectivity index (χ3n) is 4.28. The second kappa shape index (κ2) is 3.95. The molecule has 98 valence electrons. The van der Waals surface area contributed by atoms with Gasteiger partial charge in [-0.2, -0.15) is 0 Å². The zero-order valence-corrected chi connectivity index (χ0v) is 11.7. The van der Waals surface area contributed by atoms with Crippen molar-refractivity contribution in [1.29, 1.82) is 0 Å². The Bertz CT molecular complexity index is 421. The number of hydrogen-bond donors (Lipinski definition) is 1. The molecule has 0 radical (unpaired) electrons. The molecular weight excluding hydrogens is 227 g/mol. The van der Waals surface area contributed by atoms with E-state index in [4.69, 9.17) is 0 Å². The van der Waals surface area contributed by atoms with E-state index < -0.39 is 5.54 Å². The molecule has 5 heteroatoms. The van der Waals surface area contributed by atoms with Gasteiger partial charge >= 0.3 is 0 Å². The molecule has 2 aliphatic rings. The van der Waals surface area contributed by atoms with E-state index in [0.29, 0.717) is 19.5 Å². The van der Waals surface area contributed by atoms with Crippen LogP contribution in [0.5, 0.6) is 0 Å². The summed E-state index contributed by atoms with van der Waals surface area (Å²) in [5.74, 6) is 0.165. The van der Waals surface area contributed by atoms with Crippen LogP contribution in [0.4, 0.5) is 0 Å². The molecule has 1 atom stereocenters. The highest BCUT2D eigenvalue weighted by Crippen LogP contribution is 2.44. The summed E-state index contributed by atoms with van der Waals surface area (Å²) < 4.78 is 0. The van der Waals surface area contributed by atoms with Crippen LogP contribution in [-0.4, -0.2) is 43.0 Å². The first-order valence-corrected chi connectivity index (χ1v) is 6.44. The zero-order chi connectivity index (χ0) is 13.7. The summed E-state index contributed by atoms with van der Waals surface area (Å²) in [6.45, 7) is 11.5. The minimum atomic E-state index is -0.672. The maximum atomic E-state index is 12.3. The molecule has 2 heterocycles. The van der Waals surface area contributed by atoms with Crippen LogP contribution in [0.3, 0.4) is 0 Å². The molecule has 2 saturated heterocycles. The van der Waals surface area contributed by atoms with E-state index in [2.05, 4.69) is 32.7 Å². The lowest BCUT2D eigenvalue weighted by molar-refractivity contribution is -0.140. The smallest absolute Gasteiger partial charge is 0.228 e.